The molecule has 0 aromatic carbocycles. The third-order valence-corrected chi connectivity index (χ3v) is 5.71. The summed E-state index contributed by atoms with van der Waals surface area (Å²) in [5, 5.41) is 4.20. The average Bonchev–Trinajstić information content (AvgIpc) is 2.67. The van der Waals surface area contributed by atoms with Gasteiger partial charge in [-0.1, -0.05) is 0 Å². The number of carbonyl (C=O) groups excluding carboxylic acids is 1. The lowest BCUT2D eigenvalue weighted by Gasteiger charge is -2.39. The van der Waals surface area contributed by atoms with Gasteiger partial charge in [0, 0.05) is 18.7 Å². The molecule has 0 N–H and O–H groups in total. The summed E-state index contributed by atoms with van der Waals surface area (Å²) >= 11 is 0. The van der Waals surface area contributed by atoms with E-state index < -0.39 is 0 Å². The number of aromatic nitrogens is 2. The highest BCUT2D eigenvalue weighted by Crippen LogP contribution is 2.47. The van der Waals surface area contributed by atoms with E-state index in [9.17, 15) is 9.59 Å². The van der Waals surface area contributed by atoms with Crippen LogP contribution in [0, 0.1) is 24.7 Å². The van der Waals surface area contributed by atoms with E-state index in [1.54, 1.807) is 6.07 Å². The van der Waals surface area contributed by atoms with E-state index in [1.807, 2.05) is 6.92 Å². The average molecular weight is 301 g/mol. The van der Waals surface area contributed by atoms with Crippen molar-refractivity contribution in [3.8, 4) is 0 Å². The number of amides is 1. The molecule has 1 aromatic heterocycles. The molecule has 2 unspecified atom stereocenters. The summed E-state index contributed by atoms with van der Waals surface area (Å²) < 4.78 is 1.31. The van der Waals surface area contributed by atoms with Crippen molar-refractivity contribution in [1.29, 1.82) is 0 Å². The zero-order chi connectivity index (χ0) is 15.3. The van der Waals surface area contributed by atoms with Crippen molar-refractivity contribution >= 4 is 5.91 Å². The van der Waals surface area contributed by atoms with E-state index in [0.29, 0.717) is 12.0 Å². The van der Waals surface area contributed by atoms with E-state index in [-0.39, 0.29) is 18.0 Å². The van der Waals surface area contributed by atoms with Crippen molar-refractivity contribution < 1.29 is 4.79 Å². The van der Waals surface area contributed by atoms with E-state index in [4.69, 9.17) is 0 Å². The first kappa shape index (κ1) is 14.0. The molecule has 0 spiro atoms. The minimum atomic E-state index is -0.195. The molecular weight excluding hydrogens is 278 g/mol. The molecule has 4 aliphatic rings. The van der Waals surface area contributed by atoms with Crippen LogP contribution in [-0.4, -0.2) is 33.2 Å². The first-order valence-corrected chi connectivity index (χ1v) is 8.42. The quantitative estimate of drug-likeness (QED) is 0.833. The van der Waals surface area contributed by atoms with Crippen LogP contribution < -0.4 is 5.56 Å². The predicted octanol–water partition coefficient (Wildman–Crippen LogP) is 1.59. The van der Waals surface area contributed by atoms with E-state index in [2.05, 4.69) is 10.00 Å². The molecule has 22 heavy (non-hydrogen) atoms. The number of rotatable bonds is 2. The standard InChI is InChI=1S/C17H23N3O2/c1-11-2-3-16(21)20(18-11)10-17(22)19-9-14-5-12-4-13(6-14)8-15(19)7-12/h2-3,12-15H,4-10H2,1H3. The largest absolute Gasteiger partial charge is 0.338 e. The second-order valence-corrected chi connectivity index (χ2v) is 7.45. The Kier molecular flexibility index (Phi) is 3.31. The van der Waals surface area contributed by atoms with Gasteiger partial charge < -0.3 is 4.90 Å². The van der Waals surface area contributed by atoms with Gasteiger partial charge in [-0.25, -0.2) is 4.68 Å². The Bertz CT molecular complexity index is 640. The molecular formula is C17H23N3O2. The first-order chi connectivity index (χ1) is 10.6. The molecule has 4 bridgehead atoms. The second kappa shape index (κ2) is 5.21. The SMILES string of the molecule is Cc1ccc(=O)n(CC(=O)N2CC3CC4CC(C3)CC2C4)n1. The molecule has 1 amide bonds. The van der Waals surface area contributed by atoms with Gasteiger partial charge in [0.1, 0.15) is 6.54 Å². The van der Waals surface area contributed by atoms with Crippen LogP contribution in [0.4, 0.5) is 0 Å². The molecule has 5 heteroatoms. The van der Waals surface area contributed by atoms with Crippen LogP contribution in [0.2, 0.25) is 0 Å². The van der Waals surface area contributed by atoms with Crippen LogP contribution in [0.25, 0.3) is 0 Å². The zero-order valence-corrected chi connectivity index (χ0v) is 13.1. The van der Waals surface area contributed by atoms with Crippen molar-refractivity contribution in [1.82, 2.24) is 14.7 Å². The third-order valence-electron chi connectivity index (χ3n) is 5.71. The lowest BCUT2D eigenvalue weighted by molar-refractivity contribution is -0.135. The Morgan fingerprint density at radius 2 is 1.82 bits per heavy atom. The molecule has 118 valence electrons. The minimum Gasteiger partial charge on any atom is -0.338 e. The monoisotopic (exact) mass is 301 g/mol. The van der Waals surface area contributed by atoms with Crippen molar-refractivity contribution in [2.75, 3.05) is 6.54 Å². The number of hydrogen-bond acceptors (Lipinski definition) is 3. The maximum atomic E-state index is 12.8. The normalized spacial score (nSPS) is 33.0. The number of nitrogens with zero attached hydrogens (tertiary/aromatic N) is 3. The Morgan fingerprint density at radius 1 is 1.14 bits per heavy atom. The summed E-state index contributed by atoms with van der Waals surface area (Å²) in [4.78, 5) is 26.7. The van der Waals surface area contributed by atoms with Crippen molar-refractivity contribution in [3.05, 3.63) is 28.2 Å². The Morgan fingerprint density at radius 3 is 2.55 bits per heavy atom. The second-order valence-electron chi connectivity index (χ2n) is 7.45. The fourth-order valence-electron chi connectivity index (χ4n) is 4.97. The molecule has 0 radical (unpaired) electrons. The zero-order valence-electron chi connectivity index (χ0n) is 13.1. The third kappa shape index (κ3) is 2.46. The molecule has 2 saturated heterocycles. The van der Waals surface area contributed by atoms with Gasteiger partial charge in [-0.3, -0.25) is 9.59 Å². The van der Waals surface area contributed by atoms with Gasteiger partial charge in [0.25, 0.3) is 5.56 Å². The van der Waals surface area contributed by atoms with Gasteiger partial charge in [0.2, 0.25) is 5.91 Å². The van der Waals surface area contributed by atoms with Crippen LogP contribution >= 0.6 is 0 Å². The van der Waals surface area contributed by atoms with Crippen LogP contribution in [0.5, 0.6) is 0 Å². The van der Waals surface area contributed by atoms with Crippen LogP contribution in [0.1, 0.15) is 37.8 Å². The van der Waals surface area contributed by atoms with Crippen LogP contribution in [-0.2, 0) is 11.3 Å². The summed E-state index contributed by atoms with van der Waals surface area (Å²) in [6, 6.07) is 3.57. The minimum absolute atomic E-state index is 0.0680. The maximum Gasteiger partial charge on any atom is 0.267 e. The van der Waals surface area contributed by atoms with Crippen molar-refractivity contribution in [2.45, 2.75) is 51.6 Å². The molecule has 5 nitrogen and oxygen atoms in total. The van der Waals surface area contributed by atoms with Gasteiger partial charge in [-0.15, -0.1) is 0 Å². The molecule has 5 rings (SSSR count). The Balaban J connectivity index is 1.55. The molecule has 2 aliphatic heterocycles. The van der Waals surface area contributed by atoms with Gasteiger partial charge in [0.15, 0.2) is 0 Å². The first-order valence-electron chi connectivity index (χ1n) is 8.42. The Hall–Kier alpha value is -1.65. The number of fused-ring (bicyclic) bond motifs is 1. The fraction of sp³-hybridized carbons (Fsp3) is 0.706. The number of hydrogen-bond donors (Lipinski definition) is 0. The Labute approximate surface area is 130 Å². The molecule has 1 aromatic rings. The highest BCUT2D eigenvalue weighted by atomic mass is 16.2. The molecule has 2 atom stereocenters. The molecule has 4 fully saturated rings. The summed E-state index contributed by atoms with van der Waals surface area (Å²) in [5.74, 6) is 2.38. The predicted molar refractivity (Wildman–Crippen MR) is 82.3 cm³/mol. The van der Waals surface area contributed by atoms with E-state index >= 15 is 0 Å². The van der Waals surface area contributed by atoms with Crippen LogP contribution in [0.15, 0.2) is 16.9 Å². The highest BCUT2D eigenvalue weighted by molar-refractivity contribution is 5.76. The smallest absolute Gasteiger partial charge is 0.267 e. The van der Waals surface area contributed by atoms with Gasteiger partial charge >= 0.3 is 0 Å². The van der Waals surface area contributed by atoms with Gasteiger partial charge in [0.05, 0.1) is 5.69 Å². The molecule has 2 aliphatic carbocycles. The number of aryl methyl sites for hydroxylation is 1. The molecule has 3 heterocycles. The van der Waals surface area contributed by atoms with E-state index in [0.717, 1.165) is 36.9 Å². The van der Waals surface area contributed by atoms with Gasteiger partial charge in [-0.05, 0) is 62.8 Å². The summed E-state index contributed by atoms with van der Waals surface area (Å²) in [7, 11) is 0. The van der Waals surface area contributed by atoms with Crippen molar-refractivity contribution in [2.24, 2.45) is 17.8 Å². The molecule has 2 saturated carbocycles. The summed E-state index contributed by atoms with van der Waals surface area (Å²) in [6.45, 7) is 2.81. The van der Waals surface area contributed by atoms with E-state index in [1.165, 1.54) is 30.0 Å². The topological polar surface area (TPSA) is 55.2 Å². The lowest BCUT2D eigenvalue weighted by Crippen LogP contribution is -2.45. The van der Waals surface area contributed by atoms with Crippen LogP contribution in [0.3, 0.4) is 0 Å². The van der Waals surface area contributed by atoms with Gasteiger partial charge in [-0.2, -0.15) is 5.10 Å². The maximum absolute atomic E-state index is 12.8. The fourth-order valence-corrected chi connectivity index (χ4v) is 4.97. The lowest BCUT2D eigenvalue weighted by atomic mass is 9.68. The van der Waals surface area contributed by atoms with Crippen molar-refractivity contribution in [3.63, 3.8) is 0 Å². The highest BCUT2D eigenvalue weighted by Gasteiger charge is 2.43. The number of carbonyl (C=O) groups is 1. The summed E-state index contributed by atoms with van der Waals surface area (Å²) in [6.07, 6.45) is 6.27. The summed E-state index contributed by atoms with van der Waals surface area (Å²) in [5.41, 5.74) is 0.572.